The summed E-state index contributed by atoms with van der Waals surface area (Å²) in [6.45, 7) is 1.96. The first-order chi connectivity index (χ1) is 12.6. The molecule has 2 nitrogen and oxygen atoms in total. The van der Waals surface area contributed by atoms with E-state index in [0.717, 1.165) is 28.5 Å². The Morgan fingerprint density at radius 3 is 2.42 bits per heavy atom. The SMILES string of the molecule is Cc1cc(-c2ccccc2)cc(C=NC2CC3CCC2C3)c1O.[Cl][Zr][Cl]. The van der Waals surface area contributed by atoms with Crippen molar-refractivity contribution in [3.8, 4) is 16.9 Å². The van der Waals surface area contributed by atoms with E-state index < -0.39 is 20.8 Å². The average Bonchev–Trinajstić information content (AvgIpc) is 3.27. The third kappa shape index (κ3) is 4.80. The molecule has 0 aliphatic heterocycles. The first-order valence-corrected chi connectivity index (χ1v) is 15.3. The molecule has 26 heavy (non-hydrogen) atoms. The van der Waals surface area contributed by atoms with Crippen LogP contribution in [0.15, 0.2) is 47.5 Å². The second-order valence-electron chi connectivity index (χ2n) is 7.19. The van der Waals surface area contributed by atoms with Gasteiger partial charge in [0.25, 0.3) is 0 Å². The van der Waals surface area contributed by atoms with Gasteiger partial charge >= 0.3 is 37.9 Å². The molecule has 3 atom stereocenters. The number of halogens is 2. The molecule has 2 aromatic rings. The number of aromatic hydroxyl groups is 1. The molecule has 2 bridgehead atoms. The van der Waals surface area contributed by atoms with Crippen LogP contribution in [0.2, 0.25) is 0 Å². The summed E-state index contributed by atoms with van der Waals surface area (Å²) in [5.74, 6) is 2.03. The van der Waals surface area contributed by atoms with Crippen LogP contribution in [-0.4, -0.2) is 17.4 Å². The third-order valence-corrected chi connectivity index (χ3v) is 5.54. The van der Waals surface area contributed by atoms with Gasteiger partial charge in [-0.2, -0.15) is 0 Å². The van der Waals surface area contributed by atoms with Crippen molar-refractivity contribution in [1.82, 2.24) is 0 Å². The van der Waals surface area contributed by atoms with Crippen LogP contribution in [0.5, 0.6) is 5.75 Å². The van der Waals surface area contributed by atoms with Gasteiger partial charge in [0, 0.05) is 11.8 Å². The van der Waals surface area contributed by atoms with E-state index in [2.05, 4.69) is 12.1 Å². The monoisotopic (exact) mass is 465 g/mol. The molecule has 2 aliphatic carbocycles. The van der Waals surface area contributed by atoms with E-state index in [1.165, 1.54) is 31.2 Å². The average molecular weight is 468 g/mol. The van der Waals surface area contributed by atoms with Crippen LogP contribution >= 0.6 is 17.0 Å². The number of rotatable bonds is 3. The molecule has 2 aliphatic rings. The molecule has 136 valence electrons. The van der Waals surface area contributed by atoms with Crippen molar-refractivity contribution in [3.63, 3.8) is 0 Å². The van der Waals surface area contributed by atoms with Crippen molar-refractivity contribution < 1.29 is 26.0 Å². The van der Waals surface area contributed by atoms with Crippen LogP contribution in [0, 0.1) is 18.8 Å². The van der Waals surface area contributed by atoms with Gasteiger partial charge in [-0.1, -0.05) is 36.8 Å². The van der Waals surface area contributed by atoms with Gasteiger partial charge in [0.05, 0.1) is 6.04 Å². The Bertz CT molecular complexity index is 766. The van der Waals surface area contributed by atoms with Gasteiger partial charge in [-0.05, 0) is 66.8 Å². The van der Waals surface area contributed by atoms with E-state index in [9.17, 15) is 5.11 Å². The standard InChI is InChI=1S/C21H23NO.2ClH.Zr/c1-14-9-18(16-5-3-2-4-6-16)12-19(21(14)23)13-22-20-11-15-7-8-17(20)10-15;;;/h2-6,9,12-13,15,17,20,23H,7-8,10-11H2,1H3;2*1H;/q;;;+2/p-2. The molecule has 5 heteroatoms. The second-order valence-corrected chi connectivity index (χ2v) is 10.9. The van der Waals surface area contributed by atoms with Crippen LogP contribution < -0.4 is 0 Å². The molecule has 2 aromatic carbocycles. The molecule has 0 heterocycles. The molecule has 0 radical (unpaired) electrons. The van der Waals surface area contributed by atoms with E-state index in [1.807, 2.05) is 43.5 Å². The van der Waals surface area contributed by atoms with E-state index in [1.54, 1.807) is 0 Å². The number of aliphatic imine (C=N–C) groups is 1. The number of phenols is 1. The Hall–Kier alpha value is -0.627. The Morgan fingerprint density at radius 2 is 1.81 bits per heavy atom. The summed E-state index contributed by atoms with van der Waals surface area (Å²) < 4.78 is 0. The zero-order valence-corrected chi connectivity index (χ0v) is 18.8. The van der Waals surface area contributed by atoms with Gasteiger partial charge in [0.15, 0.2) is 0 Å². The summed E-state index contributed by atoms with van der Waals surface area (Å²) in [6, 6.07) is 14.9. The summed E-state index contributed by atoms with van der Waals surface area (Å²) in [4.78, 5) is 4.83. The topological polar surface area (TPSA) is 32.6 Å². The van der Waals surface area contributed by atoms with E-state index in [4.69, 9.17) is 22.0 Å². The zero-order valence-electron chi connectivity index (χ0n) is 14.8. The van der Waals surface area contributed by atoms with Gasteiger partial charge in [0.2, 0.25) is 0 Å². The number of phenolic OH excluding ortho intramolecular Hbond substituents is 1. The number of hydrogen-bond donors (Lipinski definition) is 1. The van der Waals surface area contributed by atoms with Crippen molar-refractivity contribution in [2.24, 2.45) is 16.8 Å². The molecule has 2 fully saturated rings. The number of fused-ring (bicyclic) bond motifs is 2. The van der Waals surface area contributed by atoms with Crippen LogP contribution in [0.1, 0.15) is 36.8 Å². The maximum atomic E-state index is 10.4. The van der Waals surface area contributed by atoms with E-state index in [-0.39, 0.29) is 0 Å². The molecule has 4 rings (SSSR count). The first-order valence-electron chi connectivity index (χ1n) is 9.00. The quantitative estimate of drug-likeness (QED) is 0.524. The summed E-state index contributed by atoms with van der Waals surface area (Å²) >= 11 is -0.826. The van der Waals surface area contributed by atoms with Crippen molar-refractivity contribution >= 4 is 23.2 Å². The zero-order chi connectivity index (χ0) is 18.5. The first kappa shape index (κ1) is 20.1. The number of benzene rings is 2. The molecule has 3 unspecified atom stereocenters. The number of hydrogen-bond acceptors (Lipinski definition) is 2. The maximum absolute atomic E-state index is 10.4. The predicted octanol–water partition coefficient (Wildman–Crippen LogP) is 6.35. The van der Waals surface area contributed by atoms with Crippen LogP contribution in [-0.2, 0) is 20.8 Å². The van der Waals surface area contributed by atoms with Crippen LogP contribution in [0.4, 0.5) is 0 Å². The molecular formula is C21H23Cl2NOZr. The van der Waals surface area contributed by atoms with Crippen molar-refractivity contribution in [1.29, 1.82) is 0 Å². The van der Waals surface area contributed by atoms with Gasteiger partial charge in [-0.3, -0.25) is 4.99 Å². The van der Waals surface area contributed by atoms with E-state index >= 15 is 0 Å². The molecule has 2 saturated carbocycles. The Labute approximate surface area is 174 Å². The Balaban J connectivity index is 0.000000613. The fourth-order valence-corrected chi connectivity index (χ4v) is 4.27. The molecule has 0 spiro atoms. The normalized spacial score (nSPS) is 23.7. The van der Waals surface area contributed by atoms with Gasteiger partial charge in [-0.15, -0.1) is 0 Å². The molecule has 1 N–H and O–H groups in total. The van der Waals surface area contributed by atoms with Gasteiger partial charge < -0.3 is 5.11 Å². The fourth-order valence-electron chi connectivity index (χ4n) is 4.27. The predicted molar refractivity (Wildman–Crippen MR) is 107 cm³/mol. The van der Waals surface area contributed by atoms with Crippen LogP contribution in [0.3, 0.4) is 0 Å². The minimum absolute atomic E-state index is 0.358. The summed E-state index contributed by atoms with van der Waals surface area (Å²) in [5.41, 5.74) is 4.05. The number of aryl methyl sites for hydroxylation is 1. The van der Waals surface area contributed by atoms with Gasteiger partial charge in [0.1, 0.15) is 5.75 Å². The second kappa shape index (κ2) is 9.53. The molecule has 0 saturated heterocycles. The fraction of sp³-hybridized carbons (Fsp3) is 0.381. The minimum atomic E-state index is -0.826. The van der Waals surface area contributed by atoms with Crippen molar-refractivity contribution in [2.75, 3.05) is 0 Å². The van der Waals surface area contributed by atoms with Gasteiger partial charge in [-0.25, -0.2) is 0 Å². The number of nitrogens with zero attached hydrogens (tertiary/aromatic N) is 1. The molecule has 0 amide bonds. The van der Waals surface area contributed by atoms with E-state index in [0.29, 0.717) is 11.8 Å². The summed E-state index contributed by atoms with van der Waals surface area (Å²) in [7, 11) is 9.87. The van der Waals surface area contributed by atoms with Crippen LogP contribution in [0.25, 0.3) is 11.1 Å². The summed E-state index contributed by atoms with van der Waals surface area (Å²) in [6.07, 6.45) is 7.22. The third-order valence-electron chi connectivity index (χ3n) is 5.54. The Kier molecular flexibility index (Phi) is 7.38. The Morgan fingerprint density at radius 1 is 1.08 bits per heavy atom. The van der Waals surface area contributed by atoms with Crippen molar-refractivity contribution in [2.45, 2.75) is 38.6 Å². The molecule has 0 aromatic heterocycles. The molecular weight excluding hydrogens is 444 g/mol. The summed E-state index contributed by atoms with van der Waals surface area (Å²) in [5, 5.41) is 10.4. The van der Waals surface area contributed by atoms with Crippen molar-refractivity contribution in [3.05, 3.63) is 53.6 Å².